The molecule has 0 fully saturated rings. The first-order valence-electron chi connectivity index (χ1n) is 5.92. The molecule has 0 atom stereocenters. The zero-order chi connectivity index (χ0) is 13.5. The van der Waals surface area contributed by atoms with E-state index in [0.29, 0.717) is 11.5 Å². The third kappa shape index (κ3) is 3.68. The van der Waals surface area contributed by atoms with Crippen molar-refractivity contribution in [2.24, 2.45) is 0 Å². The van der Waals surface area contributed by atoms with E-state index in [2.05, 4.69) is 15.5 Å². The molecule has 0 aliphatic rings. The lowest BCUT2D eigenvalue weighted by Crippen LogP contribution is -2.07. The van der Waals surface area contributed by atoms with Crippen LogP contribution in [0.4, 0.5) is 5.82 Å². The maximum Gasteiger partial charge on any atom is 0.163 e. The molecule has 5 heteroatoms. The fraction of sp³-hybridized carbons (Fsp3) is 0.214. The summed E-state index contributed by atoms with van der Waals surface area (Å²) in [6.45, 7) is 0.757. The molecule has 0 bridgehead atoms. The third-order valence-corrected chi connectivity index (χ3v) is 2.66. The van der Waals surface area contributed by atoms with Crippen molar-refractivity contribution in [2.75, 3.05) is 19.0 Å². The molecule has 2 aromatic rings. The minimum atomic E-state index is 0.320. The Morgan fingerprint density at radius 1 is 1.16 bits per heavy atom. The summed E-state index contributed by atoms with van der Waals surface area (Å²) in [4.78, 5) is 0. The van der Waals surface area contributed by atoms with Gasteiger partial charge in [0.1, 0.15) is 17.6 Å². The topological polar surface area (TPSA) is 70.8 Å². The smallest absolute Gasteiger partial charge is 0.163 e. The number of anilines is 1. The van der Waals surface area contributed by atoms with Crippen molar-refractivity contribution in [1.29, 1.82) is 5.26 Å². The molecule has 0 spiro atoms. The molecule has 2 rings (SSSR count). The fourth-order valence-electron chi connectivity index (χ4n) is 1.61. The standard InChI is InChI=1S/C14H14N4O/c1-19-13-5-2-11(3-6-13)8-9-16-14-7-4-12(10-15)17-18-14/h2-7H,8-9H2,1H3,(H,16,18). The van der Waals surface area contributed by atoms with Crippen LogP contribution in [0.2, 0.25) is 0 Å². The van der Waals surface area contributed by atoms with Gasteiger partial charge in [0.05, 0.1) is 7.11 Å². The zero-order valence-corrected chi connectivity index (χ0v) is 10.6. The van der Waals surface area contributed by atoms with Crippen LogP contribution in [0.15, 0.2) is 36.4 Å². The van der Waals surface area contributed by atoms with Crippen LogP contribution in [0.25, 0.3) is 0 Å². The van der Waals surface area contributed by atoms with Crippen molar-refractivity contribution < 1.29 is 4.74 Å². The molecule has 1 aromatic heterocycles. The Morgan fingerprint density at radius 3 is 2.53 bits per heavy atom. The van der Waals surface area contributed by atoms with E-state index >= 15 is 0 Å². The van der Waals surface area contributed by atoms with E-state index in [0.717, 1.165) is 18.7 Å². The van der Waals surface area contributed by atoms with E-state index in [9.17, 15) is 0 Å². The largest absolute Gasteiger partial charge is 0.497 e. The maximum absolute atomic E-state index is 8.61. The van der Waals surface area contributed by atoms with Gasteiger partial charge in [-0.05, 0) is 36.2 Å². The quantitative estimate of drug-likeness (QED) is 0.883. The van der Waals surface area contributed by atoms with Crippen LogP contribution in [0.1, 0.15) is 11.3 Å². The highest BCUT2D eigenvalue weighted by atomic mass is 16.5. The molecule has 0 saturated heterocycles. The average Bonchev–Trinajstić information content (AvgIpc) is 2.49. The molecular weight excluding hydrogens is 240 g/mol. The molecule has 0 aliphatic heterocycles. The van der Waals surface area contributed by atoms with Gasteiger partial charge >= 0.3 is 0 Å². The molecule has 19 heavy (non-hydrogen) atoms. The Labute approximate surface area is 111 Å². The van der Waals surface area contributed by atoms with E-state index in [4.69, 9.17) is 10.00 Å². The summed E-state index contributed by atoms with van der Waals surface area (Å²) in [6.07, 6.45) is 0.881. The molecule has 1 N–H and O–H groups in total. The first-order chi connectivity index (χ1) is 9.31. The van der Waals surface area contributed by atoms with E-state index in [1.54, 1.807) is 19.2 Å². The number of hydrogen-bond acceptors (Lipinski definition) is 5. The average molecular weight is 254 g/mol. The van der Waals surface area contributed by atoms with Gasteiger partial charge in [-0.2, -0.15) is 5.26 Å². The summed E-state index contributed by atoms with van der Waals surface area (Å²) in [6, 6.07) is 13.3. The first kappa shape index (κ1) is 12.8. The van der Waals surface area contributed by atoms with E-state index in [1.807, 2.05) is 30.3 Å². The lowest BCUT2D eigenvalue weighted by Gasteiger charge is -2.05. The van der Waals surface area contributed by atoms with E-state index < -0.39 is 0 Å². The third-order valence-electron chi connectivity index (χ3n) is 2.66. The summed E-state index contributed by atoms with van der Waals surface area (Å²) >= 11 is 0. The van der Waals surface area contributed by atoms with Gasteiger partial charge in [0.2, 0.25) is 0 Å². The Morgan fingerprint density at radius 2 is 1.95 bits per heavy atom. The number of rotatable bonds is 5. The van der Waals surface area contributed by atoms with Crippen LogP contribution in [0.3, 0.4) is 0 Å². The number of methoxy groups -OCH3 is 1. The highest BCUT2D eigenvalue weighted by Crippen LogP contribution is 2.11. The van der Waals surface area contributed by atoms with Crippen molar-refractivity contribution in [3.05, 3.63) is 47.7 Å². The summed E-state index contributed by atoms with van der Waals surface area (Å²) in [5, 5.41) is 19.4. The number of nitrogens with zero attached hydrogens (tertiary/aromatic N) is 3. The predicted octanol–water partition coefficient (Wildman–Crippen LogP) is 2.01. The molecule has 96 valence electrons. The highest BCUT2D eigenvalue weighted by Gasteiger charge is 1.98. The lowest BCUT2D eigenvalue weighted by atomic mass is 10.1. The van der Waals surface area contributed by atoms with E-state index in [1.165, 1.54) is 5.56 Å². The minimum absolute atomic E-state index is 0.320. The van der Waals surface area contributed by atoms with Gasteiger partial charge in [-0.15, -0.1) is 10.2 Å². The van der Waals surface area contributed by atoms with Crippen LogP contribution >= 0.6 is 0 Å². The Balaban J connectivity index is 1.83. The molecule has 1 aromatic carbocycles. The second-order valence-corrected chi connectivity index (χ2v) is 3.94. The summed E-state index contributed by atoms with van der Waals surface area (Å²) < 4.78 is 5.10. The minimum Gasteiger partial charge on any atom is -0.497 e. The number of hydrogen-bond donors (Lipinski definition) is 1. The molecule has 5 nitrogen and oxygen atoms in total. The number of nitrogens with one attached hydrogen (secondary N) is 1. The van der Waals surface area contributed by atoms with Crippen molar-refractivity contribution in [3.8, 4) is 11.8 Å². The van der Waals surface area contributed by atoms with Gasteiger partial charge in [0, 0.05) is 6.54 Å². The van der Waals surface area contributed by atoms with Crippen LogP contribution in [-0.2, 0) is 6.42 Å². The summed E-state index contributed by atoms with van der Waals surface area (Å²) in [5.74, 6) is 1.53. The Kier molecular flexibility index (Phi) is 4.29. The van der Waals surface area contributed by atoms with Crippen molar-refractivity contribution in [1.82, 2.24) is 10.2 Å². The lowest BCUT2D eigenvalue weighted by molar-refractivity contribution is 0.414. The molecule has 0 saturated carbocycles. The van der Waals surface area contributed by atoms with Crippen LogP contribution < -0.4 is 10.1 Å². The zero-order valence-electron chi connectivity index (χ0n) is 10.6. The van der Waals surface area contributed by atoms with Gasteiger partial charge in [0.15, 0.2) is 5.69 Å². The van der Waals surface area contributed by atoms with Crippen LogP contribution in [0.5, 0.6) is 5.75 Å². The second kappa shape index (κ2) is 6.36. The molecule has 0 radical (unpaired) electrons. The summed E-state index contributed by atoms with van der Waals surface area (Å²) in [5.41, 5.74) is 1.54. The highest BCUT2D eigenvalue weighted by molar-refractivity contribution is 5.35. The van der Waals surface area contributed by atoms with Gasteiger partial charge in [0.25, 0.3) is 0 Å². The SMILES string of the molecule is COc1ccc(CCNc2ccc(C#N)nn2)cc1. The molecule has 1 heterocycles. The van der Waals surface area contributed by atoms with Gasteiger partial charge in [-0.3, -0.25) is 0 Å². The number of aromatic nitrogens is 2. The normalized spacial score (nSPS) is 9.68. The monoisotopic (exact) mass is 254 g/mol. The summed E-state index contributed by atoms with van der Waals surface area (Å²) in [7, 11) is 1.65. The van der Waals surface area contributed by atoms with E-state index in [-0.39, 0.29) is 0 Å². The fourth-order valence-corrected chi connectivity index (χ4v) is 1.61. The first-order valence-corrected chi connectivity index (χ1v) is 5.92. The number of ether oxygens (including phenoxy) is 1. The van der Waals surface area contributed by atoms with Crippen LogP contribution in [0, 0.1) is 11.3 Å². The molecular formula is C14H14N4O. The Hall–Kier alpha value is -2.61. The molecule has 0 amide bonds. The van der Waals surface area contributed by atoms with Crippen molar-refractivity contribution in [3.63, 3.8) is 0 Å². The van der Waals surface area contributed by atoms with Gasteiger partial charge in [-0.1, -0.05) is 12.1 Å². The second-order valence-electron chi connectivity index (χ2n) is 3.94. The Bertz CT molecular complexity index is 557. The molecule has 0 unspecified atom stereocenters. The van der Waals surface area contributed by atoms with Gasteiger partial charge in [-0.25, -0.2) is 0 Å². The number of nitriles is 1. The predicted molar refractivity (Wildman–Crippen MR) is 71.9 cm³/mol. The van der Waals surface area contributed by atoms with Gasteiger partial charge < -0.3 is 10.1 Å². The van der Waals surface area contributed by atoms with Crippen molar-refractivity contribution in [2.45, 2.75) is 6.42 Å². The maximum atomic E-state index is 8.61. The number of benzene rings is 1. The van der Waals surface area contributed by atoms with Crippen LogP contribution in [-0.4, -0.2) is 23.9 Å². The molecule has 0 aliphatic carbocycles. The van der Waals surface area contributed by atoms with Crippen molar-refractivity contribution >= 4 is 5.82 Å².